The number of likely N-dealkylation sites (tertiary alicyclic amines) is 1. The van der Waals surface area contributed by atoms with Crippen LogP contribution in [0.2, 0.25) is 5.02 Å². The highest BCUT2D eigenvalue weighted by Crippen LogP contribution is 2.29. The third-order valence-electron chi connectivity index (χ3n) is 6.67. The Balaban J connectivity index is 1.35. The third-order valence-corrected chi connectivity index (χ3v) is 7.99. The molecular weight excluding hydrogens is 444 g/mol. The number of benzene rings is 1. The Labute approximate surface area is 199 Å². The predicted octanol–water partition coefficient (Wildman–Crippen LogP) is 3.65. The maximum Gasteiger partial charge on any atom is 0.264 e. The van der Waals surface area contributed by atoms with Crippen LogP contribution in [0.5, 0.6) is 0 Å². The SMILES string of the molecule is CCCN(CC(=O)N1CCN(C2CCN(C)CC2)CC1)C(=O)c1cc2ccc(Cl)cc2s1. The number of halogens is 1. The minimum absolute atomic E-state index is 0.0546. The fourth-order valence-electron chi connectivity index (χ4n) is 4.75. The Morgan fingerprint density at radius 1 is 1.09 bits per heavy atom. The van der Waals surface area contributed by atoms with E-state index in [0.29, 0.717) is 22.5 Å². The van der Waals surface area contributed by atoms with Gasteiger partial charge >= 0.3 is 0 Å². The van der Waals surface area contributed by atoms with Gasteiger partial charge in [-0.15, -0.1) is 11.3 Å². The van der Waals surface area contributed by atoms with Gasteiger partial charge in [0.15, 0.2) is 0 Å². The number of hydrogen-bond donors (Lipinski definition) is 0. The highest BCUT2D eigenvalue weighted by Gasteiger charge is 2.29. The zero-order valence-electron chi connectivity index (χ0n) is 19.1. The normalized spacial score (nSPS) is 18.9. The molecule has 0 unspecified atom stereocenters. The van der Waals surface area contributed by atoms with Gasteiger partial charge in [0.2, 0.25) is 5.91 Å². The minimum atomic E-state index is -0.0671. The molecule has 2 fully saturated rings. The first-order valence-electron chi connectivity index (χ1n) is 11.6. The van der Waals surface area contributed by atoms with Crippen LogP contribution in [-0.2, 0) is 4.79 Å². The number of carbonyl (C=O) groups is 2. The van der Waals surface area contributed by atoms with Crippen molar-refractivity contribution < 1.29 is 9.59 Å². The summed E-state index contributed by atoms with van der Waals surface area (Å²) in [6.07, 6.45) is 3.24. The van der Waals surface area contributed by atoms with E-state index in [1.807, 2.05) is 36.1 Å². The number of thiophene rings is 1. The summed E-state index contributed by atoms with van der Waals surface area (Å²) in [5.41, 5.74) is 0. The third kappa shape index (κ3) is 5.45. The lowest BCUT2D eigenvalue weighted by atomic mass is 10.0. The standard InChI is InChI=1S/C24H33ClN4O2S/c1-3-8-29(24(31)22-15-18-4-5-19(25)16-21(18)32-22)17-23(30)28-13-11-27(12-14-28)20-6-9-26(2)10-7-20/h4-5,15-16,20H,3,6-14,17H2,1-2H3. The van der Waals surface area contributed by atoms with E-state index in [9.17, 15) is 9.59 Å². The van der Waals surface area contributed by atoms with Gasteiger partial charge in [0.25, 0.3) is 5.91 Å². The maximum absolute atomic E-state index is 13.2. The molecule has 0 atom stereocenters. The number of piperidine rings is 1. The molecule has 0 bridgehead atoms. The van der Waals surface area contributed by atoms with Crippen molar-refractivity contribution in [2.75, 3.05) is 59.4 Å². The van der Waals surface area contributed by atoms with Gasteiger partial charge in [-0.05, 0) is 63.0 Å². The molecule has 6 nitrogen and oxygen atoms in total. The fourth-order valence-corrected chi connectivity index (χ4v) is 6.06. The van der Waals surface area contributed by atoms with Crippen molar-refractivity contribution in [3.05, 3.63) is 34.2 Å². The number of piperazine rings is 1. The van der Waals surface area contributed by atoms with E-state index in [2.05, 4.69) is 16.8 Å². The van der Waals surface area contributed by atoms with E-state index < -0.39 is 0 Å². The predicted molar refractivity (Wildman–Crippen MR) is 132 cm³/mol. The van der Waals surface area contributed by atoms with E-state index in [-0.39, 0.29) is 18.4 Å². The maximum atomic E-state index is 13.2. The fraction of sp³-hybridized carbons (Fsp3) is 0.583. The first-order chi connectivity index (χ1) is 15.4. The quantitative estimate of drug-likeness (QED) is 0.638. The van der Waals surface area contributed by atoms with E-state index in [4.69, 9.17) is 11.6 Å². The lowest BCUT2D eigenvalue weighted by Crippen LogP contribution is -2.55. The van der Waals surface area contributed by atoms with Crippen molar-refractivity contribution in [3.63, 3.8) is 0 Å². The Bertz CT molecular complexity index is 949. The molecule has 2 aromatic rings. The molecule has 0 aliphatic carbocycles. The molecule has 32 heavy (non-hydrogen) atoms. The molecule has 2 aliphatic heterocycles. The molecule has 0 saturated carbocycles. The molecule has 0 spiro atoms. The molecule has 3 heterocycles. The van der Waals surface area contributed by atoms with Crippen LogP contribution in [0, 0.1) is 0 Å². The first kappa shape index (κ1) is 23.5. The van der Waals surface area contributed by atoms with Crippen LogP contribution in [0.25, 0.3) is 10.1 Å². The van der Waals surface area contributed by atoms with Crippen molar-refractivity contribution in [3.8, 4) is 0 Å². The average molecular weight is 477 g/mol. The van der Waals surface area contributed by atoms with Crippen molar-refractivity contribution in [1.82, 2.24) is 19.6 Å². The molecular formula is C24H33ClN4O2S. The Hall–Kier alpha value is -1.67. The monoisotopic (exact) mass is 476 g/mol. The zero-order chi connectivity index (χ0) is 22.7. The summed E-state index contributed by atoms with van der Waals surface area (Å²) in [7, 11) is 2.18. The summed E-state index contributed by atoms with van der Waals surface area (Å²) in [6.45, 7) is 8.43. The number of amides is 2. The molecule has 2 amide bonds. The van der Waals surface area contributed by atoms with Gasteiger partial charge < -0.3 is 14.7 Å². The van der Waals surface area contributed by atoms with E-state index in [1.54, 1.807) is 4.90 Å². The van der Waals surface area contributed by atoms with Crippen LogP contribution in [0.1, 0.15) is 35.9 Å². The van der Waals surface area contributed by atoms with Crippen LogP contribution in [-0.4, -0.2) is 96.9 Å². The molecule has 2 saturated heterocycles. The summed E-state index contributed by atoms with van der Waals surface area (Å²) in [4.78, 5) is 35.5. The van der Waals surface area contributed by atoms with Crippen LogP contribution >= 0.6 is 22.9 Å². The van der Waals surface area contributed by atoms with E-state index in [0.717, 1.165) is 55.8 Å². The Kier molecular flexibility index (Phi) is 7.71. The summed E-state index contributed by atoms with van der Waals surface area (Å²) in [5, 5.41) is 1.67. The van der Waals surface area contributed by atoms with Crippen LogP contribution in [0.15, 0.2) is 24.3 Å². The summed E-state index contributed by atoms with van der Waals surface area (Å²) < 4.78 is 0.994. The van der Waals surface area contributed by atoms with Crippen LogP contribution in [0.4, 0.5) is 0 Å². The van der Waals surface area contributed by atoms with Crippen molar-refractivity contribution in [2.24, 2.45) is 0 Å². The lowest BCUT2D eigenvalue weighted by molar-refractivity contribution is -0.134. The van der Waals surface area contributed by atoms with Crippen molar-refractivity contribution in [2.45, 2.75) is 32.2 Å². The molecule has 1 aromatic carbocycles. The van der Waals surface area contributed by atoms with Gasteiger partial charge in [0.1, 0.15) is 6.54 Å². The van der Waals surface area contributed by atoms with Crippen molar-refractivity contribution in [1.29, 1.82) is 0 Å². The lowest BCUT2D eigenvalue weighted by Gasteiger charge is -2.42. The molecule has 2 aliphatic rings. The number of fused-ring (bicyclic) bond motifs is 1. The highest BCUT2D eigenvalue weighted by atomic mass is 35.5. The zero-order valence-corrected chi connectivity index (χ0v) is 20.6. The second-order valence-corrected chi connectivity index (χ2v) is 10.5. The molecule has 8 heteroatoms. The molecule has 0 radical (unpaired) electrons. The van der Waals surface area contributed by atoms with E-state index in [1.165, 1.54) is 24.2 Å². The first-order valence-corrected chi connectivity index (χ1v) is 12.8. The number of rotatable bonds is 6. The molecule has 4 rings (SSSR count). The number of carbonyl (C=O) groups excluding carboxylic acids is 2. The average Bonchev–Trinajstić information content (AvgIpc) is 3.22. The smallest absolute Gasteiger partial charge is 0.264 e. The highest BCUT2D eigenvalue weighted by molar-refractivity contribution is 7.20. The summed E-state index contributed by atoms with van der Waals surface area (Å²) >= 11 is 7.54. The van der Waals surface area contributed by atoms with Crippen LogP contribution in [0.3, 0.4) is 0 Å². The van der Waals surface area contributed by atoms with E-state index >= 15 is 0 Å². The van der Waals surface area contributed by atoms with Crippen molar-refractivity contribution >= 4 is 44.8 Å². The summed E-state index contributed by atoms with van der Waals surface area (Å²) in [6, 6.07) is 8.21. The second-order valence-electron chi connectivity index (χ2n) is 8.97. The summed E-state index contributed by atoms with van der Waals surface area (Å²) in [5.74, 6) is -0.0125. The largest absolute Gasteiger partial charge is 0.339 e. The molecule has 174 valence electrons. The van der Waals surface area contributed by atoms with Gasteiger partial charge in [-0.1, -0.05) is 24.6 Å². The minimum Gasteiger partial charge on any atom is -0.339 e. The van der Waals surface area contributed by atoms with Gasteiger partial charge in [-0.25, -0.2) is 0 Å². The topological polar surface area (TPSA) is 47.1 Å². The van der Waals surface area contributed by atoms with Gasteiger partial charge in [-0.3, -0.25) is 14.5 Å². The molecule has 1 aromatic heterocycles. The second kappa shape index (κ2) is 10.5. The van der Waals surface area contributed by atoms with Gasteiger partial charge in [0, 0.05) is 48.5 Å². The molecule has 0 N–H and O–H groups in total. The van der Waals surface area contributed by atoms with Gasteiger partial charge in [-0.2, -0.15) is 0 Å². The Morgan fingerprint density at radius 3 is 2.50 bits per heavy atom. The van der Waals surface area contributed by atoms with Gasteiger partial charge in [0.05, 0.1) is 4.88 Å². The number of nitrogens with zero attached hydrogens (tertiary/aromatic N) is 4. The number of hydrogen-bond acceptors (Lipinski definition) is 5. The Morgan fingerprint density at radius 2 is 1.81 bits per heavy atom. The van der Waals surface area contributed by atoms with Crippen LogP contribution < -0.4 is 0 Å².